The predicted molar refractivity (Wildman–Crippen MR) is 136 cm³/mol. The molecule has 7 nitrogen and oxygen atoms in total. The average molecular weight is 463 g/mol. The van der Waals surface area contributed by atoms with Crippen molar-refractivity contribution in [3.8, 4) is 11.3 Å². The molecule has 3 fully saturated rings. The topological polar surface area (TPSA) is 55.8 Å². The van der Waals surface area contributed by atoms with Gasteiger partial charge in [-0.25, -0.2) is 4.98 Å². The highest BCUT2D eigenvalue weighted by Gasteiger charge is 2.29. The minimum atomic E-state index is 0.290. The molecule has 0 bridgehead atoms. The molecule has 34 heavy (non-hydrogen) atoms. The highest BCUT2D eigenvalue weighted by atomic mass is 16.2. The predicted octanol–water partition coefficient (Wildman–Crippen LogP) is 2.91. The fourth-order valence-corrected chi connectivity index (χ4v) is 5.58. The fourth-order valence-electron chi connectivity index (χ4n) is 5.58. The third-order valence-corrected chi connectivity index (χ3v) is 7.86. The minimum Gasteiger partial charge on any atom is -0.353 e. The molecule has 1 aliphatic carbocycles. The molecule has 7 heteroatoms. The molecule has 1 aromatic heterocycles. The van der Waals surface area contributed by atoms with Crippen LogP contribution in [0.15, 0.2) is 36.7 Å². The van der Waals surface area contributed by atoms with Gasteiger partial charge < -0.3 is 9.80 Å². The van der Waals surface area contributed by atoms with Gasteiger partial charge in [0.05, 0.1) is 24.6 Å². The zero-order valence-electron chi connectivity index (χ0n) is 20.5. The molecule has 5 rings (SSSR count). The third kappa shape index (κ3) is 5.41. The lowest BCUT2D eigenvalue weighted by Gasteiger charge is -2.40. The Kier molecular flexibility index (Phi) is 7.40. The lowest BCUT2D eigenvalue weighted by molar-refractivity contribution is -0.134. The van der Waals surface area contributed by atoms with Gasteiger partial charge in [0.25, 0.3) is 0 Å². The summed E-state index contributed by atoms with van der Waals surface area (Å²) in [5.41, 5.74) is 3.34. The first-order valence-electron chi connectivity index (χ1n) is 13.1. The van der Waals surface area contributed by atoms with E-state index in [1.165, 1.54) is 31.2 Å². The van der Waals surface area contributed by atoms with Crippen LogP contribution in [0.1, 0.15) is 38.2 Å². The summed E-state index contributed by atoms with van der Waals surface area (Å²) in [4.78, 5) is 31.5. The van der Waals surface area contributed by atoms with Gasteiger partial charge in [-0.1, -0.05) is 44.0 Å². The van der Waals surface area contributed by atoms with E-state index in [0.29, 0.717) is 6.54 Å². The number of amides is 1. The van der Waals surface area contributed by atoms with Crippen LogP contribution in [-0.2, 0) is 11.2 Å². The number of benzene rings is 1. The molecule has 3 aliphatic rings. The number of carbonyl (C=O) groups is 1. The summed E-state index contributed by atoms with van der Waals surface area (Å²) in [5, 5.41) is 0. The lowest BCUT2D eigenvalue weighted by atomic mass is 10.1. The highest BCUT2D eigenvalue weighted by molar-refractivity contribution is 5.78. The Hall–Kier alpha value is -2.51. The number of aryl methyl sites for hydroxylation is 1. The van der Waals surface area contributed by atoms with Crippen molar-refractivity contribution < 1.29 is 4.79 Å². The number of anilines is 1. The van der Waals surface area contributed by atoms with Crippen LogP contribution in [0.5, 0.6) is 0 Å². The van der Waals surface area contributed by atoms with Gasteiger partial charge in [-0.2, -0.15) is 0 Å². The smallest absolute Gasteiger partial charge is 0.236 e. The van der Waals surface area contributed by atoms with Crippen molar-refractivity contribution in [1.29, 1.82) is 0 Å². The van der Waals surface area contributed by atoms with E-state index in [1.54, 1.807) is 0 Å². The van der Waals surface area contributed by atoms with Crippen LogP contribution in [0.25, 0.3) is 11.3 Å². The van der Waals surface area contributed by atoms with E-state index in [0.717, 1.165) is 81.9 Å². The molecule has 1 saturated carbocycles. The molecule has 0 radical (unpaired) electrons. The van der Waals surface area contributed by atoms with E-state index >= 15 is 0 Å². The Morgan fingerprint density at radius 1 is 0.882 bits per heavy atom. The van der Waals surface area contributed by atoms with Gasteiger partial charge >= 0.3 is 0 Å². The van der Waals surface area contributed by atoms with Crippen LogP contribution < -0.4 is 4.90 Å². The van der Waals surface area contributed by atoms with Gasteiger partial charge in [-0.3, -0.25) is 19.6 Å². The van der Waals surface area contributed by atoms with Crippen molar-refractivity contribution in [2.75, 3.05) is 63.8 Å². The van der Waals surface area contributed by atoms with Gasteiger partial charge in [-0.15, -0.1) is 0 Å². The molecule has 182 valence electrons. The molecule has 1 amide bonds. The number of rotatable bonds is 6. The second kappa shape index (κ2) is 10.8. The molecule has 0 spiro atoms. The number of piperazine rings is 2. The molecule has 0 atom stereocenters. The van der Waals surface area contributed by atoms with E-state index < -0.39 is 0 Å². The van der Waals surface area contributed by atoms with Crippen LogP contribution in [0.4, 0.5) is 5.82 Å². The quantitative estimate of drug-likeness (QED) is 0.658. The molecule has 1 aromatic carbocycles. The van der Waals surface area contributed by atoms with Crippen LogP contribution in [0.3, 0.4) is 0 Å². The number of nitrogens with zero attached hydrogens (tertiary/aromatic N) is 6. The van der Waals surface area contributed by atoms with E-state index in [9.17, 15) is 4.79 Å². The van der Waals surface area contributed by atoms with E-state index in [2.05, 4.69) is 60.8 Å². The monoisotopic (exact) mass is 462 g/mol. The van der Waals surface area contributed by atoms with Gasteiger partial charge in [-0.05, 0) is 24.8 Å². The second-order valence-corrected chi connectivity index (χ2v) is 9.93. The maximum atomic E-state index is 12.9. The molecular formula is C27H38N6O. The normalized spacial score (nSPS) is 20.7. The number of aromatic nitrogens is 2. The Labute approximate surface area is 203 Å². The van der Waals surface area contributed by atoms with E-state index in [4.69, 9.17) is 0 Å². The van der Waals surface area contributed by atoms with Gasteiger partial charge in [0, 0.05) is 64.0 Å². The zero-order valence-corrected chi connectivity index (χ0v) is 20.5. The summed E-state index contributed by atoms with van der Waals surface area (Å²) in [7, 11) is 0. The third-order valence-electron chi connectivity index (χ3n) is 7.86. The summed E-state index contributed by atoms with van der Waals surface area (Å²) in [6, 6.07) is 9.31. The van der Waals surface area contributed by atoms with Crippen molar-refractivity contribution >= 4 is 11.7 Å². The molecule has 0 unspecified atom stereocenters. The Morgan fingerprint density at radius 3 is 2.21 bits per heavy atom. The Balaban J connectivity index is 1.07. The molecule has 2 aromatic rings. The van der Waals surface area contributed by atoms with E-state index in [-0.39, 0.29) is 5.91 Å². The number of hydrogen-bond acceptors (Lipinski definition) is 6. The average Bonchev–Trinajstić information content (AvgIpc) is 3.45. The summed E-state index contributed by atoms with van der Waals surface area (Å²) in [5.74, 6) is 1.21. The summed E-state index contributed by atoms with van der Waals surface area (Å²) in [6.45, 7) is 10.1. The van der Waals surface area contributed by atoms with Crippen molar-refractivity contribution in [3.05, 3.63) is 42.2 Å². The Bertz CT molecular complexity index is 925. The van der Waals surface area contributed by atoms with Crippen LogP contribution in [0.2, 0.25) is 0 Å². The first kappa shape index (κ1) is 23.2. The summed E-state index contributed by atoms with van der Waals surface area (Å²) in [6.07, 6.45) is 10.2. The van der Waals surface area contributed by atoms with Crippen molar-refractivity contribution in [1.82, 2.24) is 24.7 Å². The zero-order chi connectivity index (χ0) is 23.3. The highest BCUT2D eigenvalue weighted by Crippen LogP contribution is 2.24. The first-order valence-corrected chi connectivity index (χ1v) is 13.1. The Morgan fingerprint density at radius 2 is 1.59 bits per heavy atom. The maximum absolute atomic E-state index is 12.9. The van der Waals surface area contributed by atoms with Gasteiger partial charge in [0.1, 0.15) is 5.82 Å². The SMILES string of the molecule is CCc1ccc(-c2cnc(N3CCN(CC(=O)N4CCN(C5CCCC5)CC4)CC3)cn2)cc1. The van der Waals surface area contributed by atoms with Gasteiger partial charge in [0.15, 0.2) is 0 Å². The van der Waals surface area contributed by atoms with E-state index in [1.807, 2.05) is 12.4 Å². The van der Waals surface area contributed by atoms with Crippen molar-refractivity contribution in [2.45, 2.75) is 45.1 Å². The fraction of sp³-hybridized carbons (Fsp3) is 0.593. The number of carbonyl (C=O) groups excluding carboxylic acids is 1. The van der Waals surface area contributed by atoms with Crippen LogP contribution >= 0.6 is 0 Å². The molecular weight excluding hydrogens is 424 g/mol. The van der Waals surface area contributed by atoms with Crippen LogP contribution in [0, 0.1) is 0 Å². The standard InChI is InChI=1S/C27H38N6O/c1-2-22-7-9-23(10-8-22)25-19-29-26(20-28-25)32-13-11-30(12-14-32)21-27(34)33-17-15-31(16-18-33)24-5-3-4-6-24/h7-10,19-20,24H,2-6,11-18,21H2,1H3. The number of hydrogen-bond donors (Lipinski definition) is 0. The summed E-state index contributed by atoms with van der Waals surface area (Å²) >= 11 is 0. The lowest BCUT2D eigenvalue weighted by Crippen LogP contribution is -2.55. The molecule has 0 N–H and O–H groups in total. The first-order chi connectivity index (χ1) is 16.7. The summed E-state index contributed by atoms with van der Waals surface area (Å²) < 4.78 is 0. The van der Waals surface area contributed by atoms with Crippen LogP contribution in [-0.4, -0.2) is 95.5 Å². The molecule has 2 saturated heterocycles. The largest absolute Gasteiger partial charge is 0.353 e. The second-order valence-electron chi connectivity index (χ2n) is 9.93. The minimum absolute atomic E-state index is 0.290. The van der Waals surface area contributed by atoms with Crippen molar-refractivity contribution in [3.63, 3.8) is 0 Å². The van der Waals surface area contributed by atoms with Crippen molar-refractivity contribution in [2.24, 2.45) is 0 Å². The van der Waals surface area contributed by atoms with Gasteiger partial charge in [0.2, 0.25) is 5.91 Å². The molecule has 2 aliphatic heterocycles. The molecule has 3 heterocycles. The maximum Gasteiger partial charge on any atom is 0.236 e.